The van der Waals surface area contributed by atoms with Crippen LogP contribution in [0.1, 0.15) is 17.5 Å². The van der Waals surface area contributed by atoms with Crippen LogP contribution in [-0.2, 0) is 17.4 Å². The maximum Gasteiger partial charge on any atom is 0.416 e. The third kappa shape index (κ3) is 3.23. The van der Waals surface area contributed by atoms with Crippen molar-refractivity contribution in [1.29, 1.82) is 0 Å². The second-order valence-corrected chi connectivity index (χ2v) is 3.42. The van der Waals surface area contributed by atoms with Crippen molar-refractivity contribution in [2.45, 2.75) is 19.0 Å². The highest BCUT2D eigenvalue weighted by Crippen LogP contribution is 2.31. The van der Waals surface area contributed by atoms with Crippen molar-refractivity contribution in [2.75, 3.05) is 0 Å². The van der Waals surface area contributed by atoms with Crippen LogP contribution in [0.25, 0.3) is 0 Å². The molecule has 0 spiro atoms. The van der Waals surface area contributed by atoms with Crippen LogP contribution < -0.4 is 0 Å². The van der Waals surface area contributed by atoms with Crippen molar-refractivity contribution in [3.05, 3.63) is 34.3 Å². The highest BCUT2D eigenvalue weighted by atomic mass is 35.5. The zero-order valence-electron chi connectivity index (χ0n) is 7.64. The van der Waals surface area contributed by atoms with Crippen LogP contribution in [0.2, 0.25) is 5.02 Å². The van der Waals surface area contributed by atoms with E-state index in [9.17, 15) is 18.0 Å². The van der Waals surface area contributed by atoms with E-state index in [0.717, 1.165) is 12.1 Å². The van der Waals surface area contributed by atoms with Crippen LogP contribution >= 0.6 is 11.6 Å². The number of aldehydes is 1. The van der Waals surface area contributed by atoms with Crippen LogP contribution in [0.4, 0.5) is 13.2 Å². The Morgan fingerprint density at radius 1 is 1.33 bits per heavy atom. The van der Waals surface area contributed by atoms with Crippen LogP contribution in [0.3, 0.4) is 0 Å². The molecule has 0 N–H and O–H groups in total. The van der Waals surface area contributed by atoms with Crippen molar-refractivity contribution >= 4 is 17.9 Å². The molecule has 0 aliphatic carbocycles. The highest BCUT2D eigenvalue weighted by molar-refractivity contribution is 6.31. The molecule has 82 valence electrons. The third-order valence-electron chi connectivity index (χ3n) is 1.90. The Bertz CT molecular complexity index is 360. The van der Waals surface area contributed by atoms with Gasteiger partial charge in [0.05, 0.1) is 5.56 Å². The minimum atomic E-state index is -4.37. The van der Waals surface area contributed by atoms with Crippen LogP contribution in [0.5, 0.6) is 0 Å². The van der Waals surface area contributed by atoms with Crippen LogP contribution in [0.15, 0.2) is 18.2 Å². The number of carbonyl (C=O) groups excluding carboxylic acids is 1. The molecule has 0 amide bonds. The fourth-order valence-corrected chi connectivity index (χ4v) is 1.37. The summed E-state index contributed by atoms with van der Waals surface area (Å²) >= 11 is 5.70. The van der Waals surface area contributed by atoms with Gasteiger partial charge in [-0.2, -0.15) is 13.2 Å². The molecule has 0 bridgehead atoms. The lowest BCUT2D eigenvalue weighted by atomic mass is 10.1. The molecule has 0 unspecified atom stereocenters. The first-order chi connectivity index (χ1) is 6.95. The molecule has 1 aromatic rings. The molecule has 1 rings (SSSR count). The van der Waals surface area contributed by atoms with E-state index in [1.165, 1.54) is 6.07 Å². The van der Waals surface area contributed by atoms with E-state index in [-0.39, 0.29) is 17.9 Å². The highest BCUT2D eigenvalue weighted by Gasteiger charge is 2.30. The molecule has 0 fully saturated rings. The molecule has 0 aromatic heterocycles. The molecular weight excluding hydrogens is 229 g/mol. The summed E-state index contributed by atoms with van der Waals surface area (Å²) in [6.07, 6.45) is -3.33. The molecule has 0 atom stereocenters. The largest absolute Gasteiger partial charge is 0.416 e. The summed E-state index contributed by atoms with van der Waals surface area (Å²) in [5, 5.41) is 0.254. The lowest BCUT2D eigenvalue weighted by molar-refractivity contribution is -0.137. The summed E-state index contributed by atoms with van der Waals surface area (Å²) in [6.45, 7) is 0. The van der Waals surface area contributed by atoms with Crippen molar-refractivity contribution < 1.29 is 18.0 Å². The second kappa shape index (κ2) is 4.66. The number of carbonyl (C=O) groups is 1. The van der Waals surface area contributed by atoms with Gasteiger partial charge in [0.15, 0.2) is 0 Å². The molecule has 0 radical (unpaired) electrons. The van der Waals surface area contributed by atoms with E-state index in [0.29, 0.717) is 11.8 Å². The van der Waals surface area contributed by atoms with Gasteiger partial charge in [-0.05, 0) is 30.2 Å². The van der Waals surface area contributed by atoms with E-state index in [4.69, 9.17) is 11.6 Å². The summed E-state index contributed by atoms with van der Waals surface area (Å²) in [7, 11) is 0. The normalized spacial score (nSPS) is 11.5. The van der Waals surface area contributed by atoms with Gasteiger partial charge in [-0.25, -0.2) is 0 Å². The number of hydrogen-bond donors (Lipinski definition) is 0. The van der Waals surface area contributed by atoms with Gasteiger partial charge in [0.25, 0.3) is 0 Å². The molecule has 1 aromatic carbocycles. The van der Waals surface area contributed by atoms with Gasteiger partial charge in [-0.15, -0.1) is 0 Å². The zero-order chi connectivity index (χ0) is 11.5. The van der Waals surface area contributed by atoms with Gasteiger partial charge in [0, 0.05) is 11.4 Å². The van der Waals surface area contributed by atoms with Gasteiger partial charge >= 0.3 is 6.18 Å². The molecular formula is C10H8ClF3O. The first-order valence-electron chi connectivity index (χ1n) is 4.24. The second-order valence-electron chi connectivity index (χ2n) is 3.01. The molecule has 5 heteroatoms. The molecule has 0 aliphatic heterocycles. The van der Waals surface area contributed by atoms with Gasteiger partial charge in [-0.1, -0.05) is 11.6 Å². The van der Waals surface area contributed by atoms with Gasteiger partial charge in [0.1, 0.15) is 6.29 Å². The van der Waals surface area contributed by atoms with Crippen molar-refractivity contribution in [3.8, 4) is 0 Å². The summed E-state index contributed by atoms with van der Waals surface area (Å²) < 4.78 is 36.9. The van der Waals surface area contributed by atoms with Crippen LogP contribution in [-0.4, -0.2) is 6.29 Å². The van der Waals surface area contributed by atoms with E-state index >= 15 is 0 Å². The standard InChI is InChI=1S/C10H8ClF3O/c11-9-4-3-8(10(12,13)14)6-7(9)2-1-5-15/h3-6H,1-2H2. The van der Waals surface area contributed by atoms with E-state index in [2.05, 4.69) is 0 Å². The lowest BCUT2D eigenvalue weighted by Gasteiger charge is -2.09. The van der Waals surface area contributed by atoms with E-state index in [1.807, 2.05) is 0 Å². The number of benzene rings is 1. The Morgan fingerprint density at radius 2 is 2.00 bits per heavy atom. The molecule has 0 heterocycles. The predicted molar refractivity (Wildman–Crippen MR) is 50.8 cm³/mol. The maximum atomic E-state index is 12.3. The Morgan fingerprint density at radius 3 is 2.53 bits per heavy atom. The summed E-state index contributed by atoms with van der Waals surface area (Å²) in [4.78, 5) is 10.1. The van der Waals surface area contributed by atoms with Gasteiger partial charge < -0.3 is 4.79 Å². The molecule has 15 heavy (non-hydrogen) atoms. The fraction of sp³-hybridized carbons (Fsp3) is 0.300. The molecule has 0 saturated heterocycles. The minimum absolute atomic E-state index is 0.168. The number of hydrogen-bond acceptors (Lipinski definition) is 1. The molecule has 0 saturated carbocycles. The SMILES string of the molecule is O=CCCc1cc(C(F)(F)F)ccc1Cl. The van der Waals surface area contributed by atoms with Crippen molar-refractivity contribution in [2.24, 2.45) is 0 Å². The number of rotatable bonds is 3. The Labute approximate surface area is 89.9 Å². The lowest BCUT2D eigenvalue weighted by Crippen LogP contribution is -2.05. The minimum Gasteiger partial charge on any atom is -0.303 e. The van der Waals surface area contributed by atoms with E-state index in [1.54, 1.807) is 0 Å². The summed E-state index contributed by atoms with van der Waals surface area (Å²) in [5.74, 6) is 0. The molecule has 1 nitrogen and oxygen atoms in total. The van der Waals surface area contributed by atoms with Gasteiger partial charge in [0.2, 0.25) is 0 Å². The number of alkyl halides is 3. The third-order valence-corrected chi connectivity index (χ3v) is 2.27. The Kier molecular flexibility index (Phi) is 3.74. The average molecular weight is 237 g/mol. The first-order valence-corrected chi connectivity index (χ1v) is 4.62. The maximum absolute atomic E-state index is 12.3. The van der Waals surface area contributed by atoms with Crippen molar-refractivity contribution in [1.82, 2.24) is 0 Å². The average Bonchev–Trinajstić information content (AvgIpc) is 2.15. The number of aryl methyl sites for hydroxylation is 1. The predicted octanol–water partition coefficient (Wildman–Crippen LogP) is 3.49. The van der Waals surface area contributed by atoms with Crippen molar-refractivity contribution in [3.63, 3.8) is 0 Å². The summed E-state index contributed by atoms with van der Waals surface area (Å²) in [6, 6.07) is 3.10. The Hall–Kier alpha value is -1.03. The molecule has 0 aliphatic rings. The zero-order valence-corrected chi connectivity index (χ0v) is 8.40. The monoisotopic (exact) mass is 236 g/mol. The fourth-order valence-electron chi connectivity index (χ4n) is 1.16. The van der Waals surface area contributed by atoms with E-state index < -0.39 is 11.7 Å². The Balaban J connectivity index is 3.00. The van der Waals surface area contributed by atoms with Crippen LogP contribution in [0, 0.1) is 0 Å². The first kappa shape index (κ1) is 12.0. The summed E-state index contributed by atoms with van der Waals surface area (Å²) in [5.41, 5.74) is -0.397. The smallest absolute Gasteiger partial charge is 0.303 e. The van der Waals surface area contributed by atoms with Gasteiger partial charge in [-0.3, -0.25) is 0 Å². The number of halogens is 4. The quantitative estimate of drug-likeness (QED) is 0.735. The topological polar surface area (TPSA) is 17.1 Å².